The first kappa shape index (κ1) is 18.0. The van der Waals surface area contributed by atoms with Crippen LogP contribution in [0.1, 0.15) is 38.8 Å². The number of ether oxygens (including phenoxy) is 1. The lowest BCUT2D eigenvalue weighted by atomic mass is 10.00. The summed E-state index contributed by atoms with van der Waals surface area (Å²) in [5.41, 5.74) is 1.97. The van der Waals surface area contributed by atoms with Gasteiger partial charge in [0.2, 0.25) is 5.91 Å². The normalized spacial score (nSPS) is 15.8. The number of amides is 2. The van der Waals surface area contributed by atoms with Crippen LogP contribution in [-0.4, -0.2) is 35.1 Å². The fraction of sp³-hybridized carbons (Fsp3) is 0.474. The highest BCUT2D eigenvalue weighted by Crippen LogP contribution is 2.18. The van der Waals surface area contributed by atoms with Gasteiger partial charge in [-0.2, -0.15) is 0 Å². The first-order valence-electron chi connectivity index (χ1n) is 8.28. The second kappa shape index (κ2) is 7.51. The van der Waals surface area contributed by atoms with Crippen LogP contribution in [0, 0.1) is 0 Å². The van der Waals surface area contributed by atoms with Gasteiger partial charge < -0.3 is 15.0 Å². The molecule has 2 amide bonds. The van der Waals surface area contributed by atoms with Gasteiger partial charge in [0.15, 0.2) is 0 Å². The number of nitrogens with one attached hydrogen (secondary N) is 1. The zero-order valence-electron chi connectivity index (χ0n) is 14.8. The first-order valence-corrected chi connectivity index (χ1v) is 8.28. The molecule has 0 saturated carbocycles. The molecule has 1 aromatic carbocycles. The van der Waals surface area contributed by atoms with Gasteiger partial charge in [0.1, 0.15) is 5.60 Å². The van der Waals surface area contributed by atoms with Crippen molar-refractivity contribution in [2.24, 2.45) is 0 Å². The Balaban J connectivity index is 1.86. The highest BCUT2D eigenvalue weighted by Gasteiger charge is 2.19. The Morgan fingerprint density at radius 2 is 1.92 bits per heavy atom. The summed E-state index contributed by atoms with van der Waals surface area (Å²) < 4.78 is 5.19. The number of hydrogen-bond acceptors (Lipinski definition) is 3. The summed E-state index contributed by atoms with van der Waals surface area (Å²) in [6.45, 7) is 8.58. The SMILES string of the molecule is CC(/C=C/C(=O)N1CCc2ccccc2C1)NC(=O)OC(C)(C)C. The van der Waals surface area contributed by atoms with Crippen LogP contribution < -0.4 is 5.32 Å². The molecule has 5 heteroatoms. The van der Waals surface area contributed by atoms with E-state index in [1.54, 1.807) is 13.0 Å². The third kappa shape index (κ3) is 5.41. The third-order valence-corrected chi connectivity index (χ3v) is 3.71. The molecule has 1 atom stereocenters. The zero-order valence-corrected chi connectivity index (χ0v) is 14.8. The number of alkyl carbamates (subject to hydrolysis) is 1. The fourth-order valence-corrected chi connectivity index (χ4v) is 2.56. The Labute approximate surface area is 143 Å². The van der Waals surface area contributed by atoms with Crippen molar-refractivity contribution in [3.63, 3.8) is 0 Å². The molecule has 0 spiro atoms. The number of carbonyl (C=O) groups excluding carboxylic acids is 2. The molecule has 24 heavy (non-hydrogen) atoms. The molecule has 1 heterocycles. The molecule has 1 unspecified atom stereocenters. The molecular weight excluding hydrogens is 304 g/mol. The molecule has 0 aliphatic carbocycles. The smallest absolute Gasteiger partial charge is 0.408 e. The van der Waals surface area contributed by atoms with Crippen molar-refractivity contribution in [2.45, 2.75) is 52.3 Å². The van der Waals surface area contributed by atoms with Crippen molar-refractivity contribution in [1.29, 1.82) is 0 Å². The molecule has 0 saturated heterocycles. The molecule has 1 N–H and O–H groups in total. The van der Waals surface area contributed by atoms with Gasteiger partial charge in [-0.25, -0.2) is 4.79 Å². The maximum atomic E-state index is 12.3. The standard InChI is InChI=1S/C19H26N2O3/c1-14(20-18(23)24-19(2,3)4)9-10-17(22)21-12-11-15-7-5-6-8-16(15)13-21/h5-10,14H,11-13H2,1-4H3,(H,20,23)/b10-9+. The second-order valence-corrected chi connectivity index (χ2v) is 7.07. The van der Waals surface area contributed by atoms with E-state index in [9.17, 15) is 9.59 Å². The Kier molecular flexibility index (Phi) is 5.65. The fourth-order valence-electron chi connectivity index (χ4n) is 2.56. The van der Waals surface area contributed by atoms with Crippen molar-refractivity contribution in [2.75, 3.05) is 6.54 Å². The molecule has 1 aromatic rings. The van der Waals surface area contributed by atoms with Crippen LogP contribution in [0.3, 0.4) is 0 Å². The van der Waals surface area contributed by atoms with Crippen molar-refractivity contribution in [3.05, 3.63) is 47.5 Å². The summed E-state index contributed by atoms with van der Waals surface area (Å²) >= 11 is 0. The predicted octanol–water partition coefficient (Wildman–Crippen LogP) is 3.04. The maximum absolute atomic E-state index is 12.3. The molecule has 0 radical (unpaired) electrons. The highest BCUT2D eigenvalue weighted by atomic mass is 16.6. The Bertz CT molecular complexity index is 632. The summed E-state index contributed by atoms with van der Waals surface area (Å²) in [6.07, 6.45) is 3.60. The van der Waals surface area contributed by atoms with Crippen LogP contribution in [0.5, 0.6) is 0 Å². The van der Waals surface area contributed by atoms with Gasteiger partial charge in [-0.15, -0.1) is 0 Å². The summed E-state index contributed by atoms with van der Waals surface area (Å²) in [4.78, 5) is 25.8. The van der Waals surface area contributed by atoms with Crippen LogP contribution in [0.2, 0.25) is 0 Å². The lowest BCUT2D eigenvalue weighted by Gasteiger charge is -2.28. The number of nitrogens with zero attached hydrogens (tertiary/aromatic N) is 1. The molecule has 5 nitrogen and oxygen atoms in total. The van der Waals surface area contributed by atoms with E-state index >= 15 is 0 Å². The van der Waals surface area contributed by atoms with Gasteiger partial charge >= 0.3 is 6.09 Å². The van der Waals surface area contributed by atoms with Gasteiger partial charge in [-0.05, 0) is 45.2 Å². The van der Waals surface area contributed by atoms with E-state index in [4.69, 9.17) is 4.74 Å². The maximum Gasteiger partial charge on any atom is 0.408 e. The molecule has 0 bridgehead atoms. The van der Waals surface area contributed by atoms with Crippen molar-refractivity contribution in [3.8, 4) is 0 Å². The van der Waals surface area contributed by atoms with E-state index in [0.29, 0.717) is 13.1 Å². The topological polar surface area (TPSA) is 58.6 Å². The molecule has 1 aliphatic heterocycles. The lowest BCUT2D eigenvalue weighted by molar-refractivity contribution is -0.126. The molecule has 130 valence electrons. The van der Waals surface area contributed by atoms with Crippen LogP contribution in [0.15, 0.2) is 36.4 Å². The van der Waals surface area contributed by atoms with Gasteiger partial charge in [0, 0.05) is 25.2 Å². The van der Waals surface area contributed by atoms with Crippen molar-refractivity contribution >= 4 is 12.0 Å². The van der Waals surface area contributed by atoms with E-state index in [-0.39, 0.29) is 11.9 Å². The molecule has 0 fully saturated rings. The minimum Gasteiger partial charge on any atom is -0.444 e. The summed E-state index contributed by atoms with van der Waals surface area (Å²) in [5, 5.41) is 2.69. The van der Waals surface area contributed by atoms with E-state index in [2.05, 4.69) is 17.4 Å². The largest absolute Gasteiger partial charge is 0.444 e. The first-order chi connectivity index (χ1) is 11.2. The molecule has 0 aromatic heterocycles. The van der Waals surface area contributed by atoms with E-state index < -0.39 is 11.7 Å². The predicted molar refractivity (Wildman–Crippen MR) is 93.5 cm³/mol. The van der Waals surface area contributed by atoms with Gasteiger partial charge in [-0.3, -0.25) is 4.79 Å². The zero-order chi connectivity index (χ0) is 17.7. The monoisotopic (exact) mass is 330 g/mol. The Hall–Kier alpha value is -2.30. The van der Waals surface area contributed by atoms with E-state index in [0.717, 1.165) is 6.42 Å². The number of carbonyl (C=O) groups is 2. The minimum absolute atomic E-state index is 0.0395. The lowest BCUT2D eigenvalue weighted by Crippen LogP contribution is -2.37. The van der Waals surface area contributed by atoms with E-state index in [1.165, 1.54) is 17.2 Å². The molecular formula is C19H26N2O3. The summed E-state index contributed by atoms with van der Waals surface area (Å²) in [5.74, 6) is -0.0395. The Morgan fingerprint density at radius 1 is 1.25 bits per heavy atom. The summed E-state index contributed by atoms with van der Waals surface area (Å²) in [6, 6.07) is 7.92. The summed E-state index contributed by atoms with van der Waals surface area (Å²) in [7, 11) is 0. The van der Waals surface area contributed by atoms with Crippen LogP contribution in [-0.2, 0) is 22.5 Å². The van der Waals surface area contributed by atoms with Crippen molar-refractivity contribution < 1.29 is 14.3 Å². The van der Waals surface area contributed by atoms with Gasteiger partial charge in [-0.1, -0.05) is 30.3 Å². The number of rotatable bonds is 3. The van der Waals surface area contributed by atoms with Crippen LogP contribution in [0.4, 0.5) is 4.79 Å². The quantitative estimate of drug-likeness (QED) is 0.867. The number of fused-ring (bicyclic) bond motifs is 1. The minimum atomic E-state index is -0.537. The second-order valence-electron chi connectivity index (χ2n) is 7.07. The molecule has 1 aliphatic rings. The molecule has 2 rings (SSSR count). The van der Waals surface area contributed by atoms with Crippen LogP contribution in [0.25, 0.3) is 0 Å². The average Bonchev–Trinajstić information content (AvgIpc) is 2.50. The number of hydrogen-bond donors (Lipinski definition) is 1. The number of benzene rings is 1. The highest BCUT2D eigenvalue weighted by molar-refractivity contribution is 5.88. The third-order valence-electron chi connectivity index (χ3n) is 3.71. The average molecular weight is 330 g/mol. The van der Waals surface area contributed by atoms with E-state index in [1.807, 2.05) is 37.8 Å². The Morgan fingerprint density at radius 3 is 2.58 bits per heavy atom. The van der Waals surface area contributed by atoms with Crippen LogP contribution >= 0.6 is 0 Å². The van der Waals surface area contributed by atoms with Gasteiger partial charge in [0.25, 0.3) is 0 Å². The van der Waals surface area contributed by atoms with Crippen molar-refractivity contribution in [1.82, 2.24) is 10.2 Å². The van der Waals surface area contributed by atoms with Gasteiger partial charge in [0.05, 0.1) is 0 Å².